The third-order valence-electron chi connectivity index (χ3n) is 4.73. The lowest BCUT2D eigenvalue weighted by Crippen LogP contribution is -2.52. The molecule has 0 spiro atoms. The fourth-order valence-corrected chi connectivity index (χ4v) is 3.26. The molecule has 0 bridgehead atoms. The van der Waals surface area contributed by atoms with Crippen LogP contribution < -0.4 is 15.5 Å². The van der Waals surface area contributed by atoms with Crippen LogP contribution in [0.2, 0.25) is 0 Å². The van der Waals surface area contributed by atoms with Crippen molar-refractivity contribution in [3.8, 4) is 0 Å². The fourth-order valence-electron chi connectivity index (χ4n) is 3.03. The topological polar surface area (TPSA) is 117 Å². The maximum absolute atomic E-state index is 12.7. The predicted octanol–water partition coefficient (Wildman–Crippen LogP) is 1.98. The number of rotatable bonds is 12. The van der Waals surface area contributed by atoms with E-state index in [1.165, 1.54) is 0 Å². The van der Waals surface area contributed by atoms with Gasteiger partial charge in [0.05, 0.1) is 6.04 Å². The number of hydrogen-bond acceptors (Lipinski definition) is 6. The molecule has 0 radical (unpaired) electrons. The van der Waals surface area contributed by atoms with Gasteiger partial charge < -0.3 is 20.5 Å². The van der Waals surface area contributed by atoms with E-state index in [1.807, 2.05) is 43.3 Å². The molecule has 9 heteroatoms. The van der Waals surface area contributed by atoms with Gasteiger partial charge in [-0.25, -0.2) is 4.84 Å². The molecule has 0 aliphatic carbocycles. The Morgan fingerprint density at radius 1 is 1.00 bits per heavy atom. The van der Waals surface area contributed by atoms with E-state index in [0.29, 0.717) is 18.4 Å². The van der Waals surface area contributed by atoms with Gasteiger partial charge in [-0.3, -0.25) is 14.4 Å². The molecule has 0 aliphatic rings. The molecular formula is C23H28ClN3O5. The Kier molecular flexibility index (Phi) is 10.7. The molecule has 0 aliphatic heterocycles. The van der Waals surface area contributed by atoms with Crippen molar-refractivity contribution in [3.63, 3.8) is 0 Å². The zero-order valence-electron chi connectivity index (χ0n) is 17.8. The highest BCUT2D eigenvalue weighted by molar-refractivity contribution is 6.15. The Morgan fingerprint density at radius 2 is 1.62 bits per heavy atom. The molecule has 2 rings (SSSR count). The summed E-state index contributed by atoms with van der Waals surface area (Å²) >= 11 is 5.75. The highest BCUT2D eigenvalue weighted by atomic mass is 35.5. The number of aliphatic hydroxyl groups excluding tert-OH is 1. The second-order valence-electron chi connectivity index (χ2n) is 7.17. The molecule has 0 saturated heterocycles. The van der Waals surface area contributed by atoms with E-state index in [9.17, 15) is 19.5 Å². The number of ether oxygens (including phenoxy) is 1. The number of aliphatic hydroxyl groups is 1. The molecule has 2 aromatic rings. The Bertz CT molecular complexity index is 866. The van der Waals surface area contributed by atoms with E-state index in [1.54, 1.807) is 24.3 Å². The van der Waals surface area contributed by atoms with Gasteiger partial charge in [0.2, 0.25) is 5.91 Å². The summed E-state index contributed by atoms with van der Waals surface area (Å²) in [5.41, 5.74) is 1.45. The maximum Gasteiger partial charge on any atom is 0.325 e. The number of amides is 2. The van der Waals surface area contributed by atoms with Crippen molar-refractivity contribution >= 4 is 29.6 Å². The summed E-state index contributed by atoms with van der Waals surface area (Å²) in [4.78, 5) is 39.4. The molecule has 2 amide bonds. The number of nitrogens with one attached hydrogen (secondary N) is 3. The summed E-state index contributed by atoms with van der Waals surface area (Å²) in [6.45, 7) is 1.55. The first-order valence-corrected chi connectivity index (χ1v) is 10.7. The number of carbonyl (C=O) groups is 3. The van der Waals surface area contributed by atoms with Crippen LogP contribution in [0.25, 0.3) is 0 Å². The molecule has 8 nitrogen and oxygen atoms in total. The first kappa shape index (κ1) is 25.3. The third kappa shape index (κ3) is 7.96. The molecule has 2 aromatic carbocycles. The molecule has 0 heterocycles. The number of benzene rings is 2. The average Bonchev–Trinajstić information content (AvgIpc) is 2.82. The van der Waals surface area contributed by atoms with E-state index in [4.69, 9.17) is 16.5 Å². The Balaban J connectivity index is 1.88. The highest BCUT2D eigenvalue weighted by Crippen LogP contribution is 2.15. The largest absolute Gasteiger partial charge is 0.460 e. The van der Waals surface area contributed by atoms with Crippen LogP contribution in [0.3, 0.4) is 0 Å². The first-order chi connectivity index (χ1) is 15.5. The van der Waals surface area contributed by atoms with Crippen LogP contribution in [0.1, 0.15) is 36.9 Å². The quantitative estimate of drug-likeness (QED) is 0.283. The zero-order valence-corrected chi connectivity index (χ0v) is 18.5. The van der Waals surface area contributed by atoms with Crippen LogP contribution in [0.5, 0.6) is 0 Å². The molecular weight excluding hydrogens is 434 g/mol. The van der Waals surface area contributed by atoms with Gasteiger partial charge in [-0.2, -0.15) is 0 Å². The van der Waals surface area contributed by atoms with Gasteiger partial charge in [-0.15, -0.1) is 0 Å². The van der Waals surface area contributed by atoms with Crippen molar-refractivity contribution in [2.24, 2.45) is 0 Å². The standard InChI is InChI=1S/C23H28ClN3O5/c1-2-9-18(26-22(30)20(27-24)17-12-7-4-8-13-17)21(29)23(31)25-14-19(28)32-15-16-10-5-3-6-11-16/h3-8,10-13,18,20-21,27,29H,2,9,14-15H2,1H3,(H,25,31)(H,26,30)/t18?,20-,21?/m0/s1. The van der Waals surface area contributed by atoms with Crippen LogP contribution in [-0.2, 0) is 25.7 Å². The minimum Gasteiger partial charge on any atom is -0.460 e. The van der Waals surface area contributed by atoms with Gasteiger partial charge in [0.15, 0.2) is 6.10 Å². The van der Waals surface area contributed by atoms with Gasteiger partial charge in [-0.1, -0.05) is 74.0 Å². The highest BCUT2D eigenvalue weighted by Gasteiger charge is 2.30. The minimum atomic E-state index is -1.55. The van der Waals surface area contributed by atoms with Gasteiger partial charge >= 0.3 is 5.97 Å². The van der Waals surface area contributed by atoms with Crippen LogP contribution >= 0.6 is 11.8 Å². The van der Waals surface area contributed by atoms with Crippen LogP contribution in [0, 0.1) is 0 Å². The van der Waals surface area contributed by atoms with Crippen LogP contribution in [-0.4, -0.2) is 41.6 Å². The third-order valence-corrected chi connectivity index (χ3v) is 4.95. The summed E-state index contributed by atoms with van der Waals surface area (Å²) < 4.78 is 5.10. The number of carbonyl (C=O) groups excluding carboxylic acids is 3. The fraction of sp³-hybridized carbons (Fsp3) is 0.348. The van der Waals surface area contributed by atoms with Crippen LogP contribution in [0.4, 0.5) is 0 Å². The molecule has 2 unspecified atom stereocenters. The van der Waals surface area contributed by atoms with E-state index < -0.39 is 42.5 Å². The molecule has 172 valence electrons. The summed E-state index contributed by atoms with van der Waals surface area (Å²) in [7, 11) is 0. The van der Waals surface area contributed by atoms with E-state index in [0.717, 1.165) is 5.56 Å². The monoisotopic (exact) mass is 461 g/mol. The van der Waals surface area contributed by atoms with Gasteiger partial charge in [-0.05, 0) is 29.3 Å². The van der Waals surface area contributed by atoms with Crippen molar-refractivity contribution in [1.82, 2.24) is 15.5 Å². The second-order valence-corrected chi connectivity index (χ2v) is 7.38. The second kappa shape index (κ2) is 13.5. The van der Waals surface area contributed by atoms with Crippen molar-refractivity contribution in [2.75, 3.05) is 6.54 Å². The average molecular weight is 462 g/mol. The lowest BCUT2D eigenvalue weighted by atomic mass is 10.0. The molecule has 0 fully saturated rings. The predicted molar refractivity (Wildman–Crippen MR) is 120 cm³/mol. The first-order valence-electron chi connectivity index (χ1n) is 10.3. The van der Waals surface area contributed by atoms with Gasteiger partial charge in [0.25, 0.3) is 5.91 Å². The van der Waals surface area contributed by atoms with E-state index >= 15 is 0 Å². The molecule has 0 saturated carbocycles. The molecule has 0 aromatic heterocycles. The van der Waals surface area contributed by atoms with Crippen molar-refractivity contribution in [1.29, 1.82) is 0 Å². The molecule has 4 N–H and O–H groups in total. The minimum absolute atomic E-state index is 0.0823. The summed E-state index contributed by atoms with van der Waals surface area (Å²) in [6.07, 6.45) is -0.589. The van der Waals surface area contributed by atoms with Gasteiger partial charge in [0.1, 0.15) is 19.2 Å². The number of halogens is 1. The van der Waals surface area contributed by atoms with E-state index in [-0.39, 0.29) is 6.61 Å². The van der Waals surface area contributed by atoms with Crippen molar-refractivity contribution in [2.45, 2.75) is 44.6 Å². The lowest BCUT2D eigenvalue weighted by molar-refractivity contribution is -0.146. The molecule has 3 atom stereocenters. The summed E-state index contributed by atoms with van der Waals surface area (Å²) in [5, 5.41) is 15.5. The van der Waals surface area contributed by atoms with Gasteiger partial charge in [0, 0.05) is 0 Å². The zero-order chi connectivity index (χ0) is 23.3. The maximum atomic E-state index is 12.7. The summed E-state index contributed by atoms with van der Waals surface area (Å²) in [5.74, 6) is -1.91. The Morgan fingerprint density at radius 3 is 2.22 bits per heavy atom. The number of hydrogen-bond donors (Lipinski definition) is 4. The van der Waals surface area contributed by atoms with E-state index in [2.05, 4.69) is 15.5 Å². The van der Waals surface area contributed by atoms with Crippen LogP contribution in [0.15, 0.2) is 60.7 Å². The number of esters is 1. The molecule has 32 heavy (non-hydrogen) atoms. The summed E-state index contributed by atoms with van der Waals surface area (Å²) in [6, 6.07) is 16.2. The van der Waals surface area contributed by atoms with Crippen molar-refractivity contribution in [3.05, 3.63) is 71.8 Å². The SMILES string of the molecule is CCCC(NC(=O)[C@@H](NCl)c1ccccc1)C(O)C(=O)NCC(=O)OCc1ccccc1. The smallest absolute Gasteiger partial charge is 0.325 e. The lowest BCUT2D eigenvalue weighted by Gasteiger charge is -2.25. The van der Waals surface area contributed by atoms with Crippen molar-refractivity contribution < 1.29 is 24.2 Å². The Labute approximate surface area is 192 Å². The normalized spacial score (nSPS) is 13.5. The Hall–Kier alpha value is -2.94.